The normalized spacial score (nSPS) is 20.9. The highest BCUT2D eigenvalue weighted by molar-refractivity contribution is 7.44. The van der Waals surface area contributed by atoms with Gasteiger partial charge in [-0.3, -0.25) is 14.3 Å². The first-order chi connectivity index (χ1) is 27.0. The molecule has 13 nitrogen and oxygen atoms in total. The minimum atomic E-state index is -1.80. The molecule has 1 N–H and O–H groups in total. The topological polar surface area (TPSA) is 146 Å². The number of nitrogens with one attached hydrogen (secondary N) is 1. The van der Waals surface area contributed by atoms with Gasteiger partial charge < -0.3 is 32.7 Å². The Hall–Kier alpha value is -4.82. The van der Waals surface area contributed by atoms with Gasteiger partial charge in [-0.15, -0.1) is 6.42 Å². The van der Waals surface area contributed by atoms with Gasteiger partial charge in [0, 0.05) is 18.3 Å². The fourth-order valence-electron chi connectivity index (χ4n) is 7.35. The quantitative estimate of drug-likeness (QED) is 0.0594. The Morgan fingerprint density at radius 3 is 2.09 bits per heavy atom. The van der Waals surface area contributed by atoms with Crippen molar-refractivity contribution in [3.05, 3.63) is 128 Å². The van der Waals surface area contributed by atoms with Crippen molar-refractivity contribution >= 4 is 8.53 Å². The van der Waals surface area contributed by atoms with Crippen molar-refractivity contribution in [1.82, 2.24) is 14.2 Å². The van der Waals surface area contributed by atoms with Crippen molar-refractivity contribution in [1.29, 1.82) is 5.26 Å². The molecule has 56 heavy (non-hydrogen) atoms. The van der Waals surface area contributed by atoms with Gasteiger partial charge in [-0.25, -0.2) is 9.46 Å². The van der Waals surface area contributed by atoms with Gasteiger partial charge in [0.15, 0.2) is 6.23 Å². The first-order valence-corrected chi connectivity index (χ1v) is 19.5. The minimum absolute atomic E-state index is 0.00275. The number of methoxy groups -OCH3 is 2. The molecule has 2 fully saturated rings. The molecule has 2 bridgehead atoms. The Balaban J connectivity index is 1.50. The van der Waals surface area contributed by atoms with Crippen LogP contribution in [0.3, 0.4) is 0 Å². The molecule has 3 aromatic carbocycles. The molecule has 2 aliphatic rings. The minimum Gasteiger partial charge on any atom is -0.497 e. The molecule has 0 radical (unpaired) electrons. The second-order valence-electron chi connectivity index (χ2n) is 14.1. The van der Waals surface area contributed by atoms with Gasteiger partial charge in [-0.1, -0.05) is 60.5 Å². The van der Waals surface area contributed by atoms with Crippen LogP contribution in [-0.4, -0.2) is 78.2 Å². The molecular formula is C42H47N4O9P. The number of fused-ring (bicyclic) bond motifs is 2. The molecule has 3 heterocycles. The number of ether oxygens (including phenoxy) is 5. The van der Waals surface area contributed by atoms with Crippen LogP contribution in [0.25, 0.3) is 0 Å². The molecule has 0 spiro atoms. The van der Waals surface area contributed by atoms with E-state index in [1.807, 2.05) is 107 Å². The summed E-state index contributed by atoms with van der Waals surface area (Å²) in [6.07, 6.45) is 4.33. The number of H-pyrrole nitrogens is 1. The molecule has 6 rings (SSSR count). The maximum absolute atomic E-state index is 13.4. The van der Waals surface area contributed by atoms with Crippen molar-refractivity contribution in [2.24, 2.45) is 0 Å². The van der Waals surface area contributed by atoms with Gasteiger partial charge >= 0.3 is 5.69 Å². The highest BCUT2D eigenvalue weighted by atomic mass is 31.2. The number of hydrogen-bond acceptors (Lipinski definition) is 11. The van der Waals surface area contributed by atoms with E-state index in [2.05, 4.69) is 21.6 Å². The average Bonchev–Trinajstić information content (AvgIpc) is 3.69. The van der Waals surface area contributed by atoms with Crippen LogP contribution in [0.2, 0.25) is 0 Å². The Morgan fingerprint density at radius 1 is 0.964 bits per heavy atom. The van der Waals surface area contributed by atoms with Crippen LogP contribution >= 0.6 is 8.53 Å². The number of hydrogen-bond donors (Lipinski definition) is 1. The summed E-state index contributed by atoms with van der Waals surface area (Å²) >= 11 is 0. The number of aromatic amines is 1. The summed E-state index contributed by atoms with van der Waals surface area (Å²) in [6.45, 7) is 8.27. The third kappa shape index (κ3) is 7.90. The van der Waals surface area contributed by atoms with E-state index in [-0.39, 0.29) is 43.9 Å². The zero-order chi connectivity index (χ0) is 40.0. The molecule has 294 valence electrons. The standard InChI is InChI=1S/C42H47N4O9P/c1-8-30-25-45(40(48)44-38(30)47)39-36-37(55-56(53-24-12-23-43)46(28(2)3)29(4)5)41(54-39,26-51-36)27-52-42(31-13-10-9-11-14-31,32-15-19-34(49-6)20-16-32)33-17-21-35(50-7)22-18-33/h1,9-11,13-22,25,28-29,36-37,39H,12,24,26-27H2,2-7H3,(H,44,47,48)/t36-,37+,39-,41-,56?/m1/s1. The second-order valence-corrected chi connectivity index (χ2v) is 15.5. The Labute approximate surface area is 328 Å². The summed E-state index contributed by atoms with van der Waals surface area (Å²) < 4.78 is 48.5. The smallest absolute Gasteiger partial charge is 0.330 e. The monoisotopic (exact) mass is 782 g/mol. The third-order valence-corrected chi connectivity index (χ3v) is 12.1. The van der Waals surface area contributed by atoms with E-state index in [0.29, 0.717) is 11.5 Å². The molecule has 0 aliphatic carbocycles. The lowest BCUT2D eigenvalue weighted by molar-refractivity contribution is -0.203. The Bertz CT molecular complexity index is 2090. The predicted octanol–water partition coefficient (Wildman–Crippen LogP) is 5.87. The van der Waals surface area contributed by atoms with Crippen molar-refractivity contribution in [3.63, 3.8) is 0 Å². The van der Waals surface area contributed by atoms with Crippen molar-refractivity contribution in [2.75, 3.05) is 34.0 Å². The van der Waals surface area contributed by atoms with Gasteiger partial charge in [0.2, 0.25) is 0 Å². The van der Waals surface area contributed by atoms with Gasteiger partial charge in [0.25, 0.3) is 14.1 Å². The summed E-state index contributed by atoms with van der Waals surface area (Å²) in [5.74, 6) is 3.69. The average molecular weight is 783 g/mol. The maximum atomic E-state index is 13.4. The highest BCUT2D eigenvalue weighted by Crippen LogP contribution is 2.56. The van der Waals surface area contributed by atoms with Gasteiger partial charge in [-0.05, 0) is 68.7 Å². The number of nitrogens with zero attached hydrogens (tertiary/aromatic N) is 3. The van der Waals surface area contributed by atoms with E-state index >= 15 is 0 Å². The molecule has 4 aromatic rings. The lowest BCUT2D eigenvalue weighted by Gasteiger charge is -2.41. The fraction of sp³-hybridized carbons (Fsp3) is 0.405. The first kappa shape index (κ1) is 40.8. The molecular weight excluding hydrogens is 735 g/mol. The van der Waals surface area contributed by atoms with E-state index in [1.165, 1.54) is 10.8 Å². The zero-order valence-electron chi connectivity index (χ0n) is 32.3. The Kier molecular flexibility index (Phi) is 12.8. The lowest BCUT2D eigenvalue weighted by Crippen LogP contribution is -2.49. The molecule has 0 saturated carbocycles. The summed E-state index contributed by atoms with van der Waals surface area (Å²) in [5.41, 5.74) is -1.56. The number of rotatable bonds is 17. The van der Waals surface area contributed by atoms with Gasteiger partial charge in [0.1, 0.15) is 40.5 Å². The molecule has 1 aromatic heterocycles. The molecule has 14 heteroatoms. The fourth-order valence-corrected chi connectivity index (χ4v) is 9.16. The summed E-state index contributed by atoms with van der Waals surface area (Å²) in [5, 5.41) is 9.37. The molecule has 2 saturated heterocycles. The van der Waals surface area contributed by atoms with Crippen molar-refractivity contribution in [2.45, 2.75) is 75.8 Å². The largest absolute Gasteiger partial charge is 0.497 e. The summed E-state index contributed by atoms with van der Waals surface area (Å²) in [4.78, 5) is 28.2. The molecule has 5 atom stereocenters. The van der Waals surface area contributed by atoms with Crippen LogP contribution in [0, 0.1) is 23.7 Å². The van der Waals surface area contributed by atoms with E-state index < -0.39 is 49.4 Å². The van der Waals surface area contributed by atoms with E-state index in [9.17, 15) is 14.9 Å². The van der Waals surface area contributed by atoms with Crippen molar-refractivity contribution < 1.29 is 32.7 Å². The number of nitriles is 1. The summed E-state index contributed by atoms with van der Waals surface area (Å²) in [7, 11) is 1.42. The lowest BCUT2D eigenvalue weighted by atomic mass is 9.79. The summed E-state index contributed by atoms with van der Waals surface area (Å²) in [6, 6.07) is 27.3. The molecule has 0 amide bonds. The first-order valence-electron chi connectivity index (χ1n) is 18.4. The third-order valence-electron chi connectivity index (χ3n) is 9.94. The van der Waals surface area contributed by atoms with Crippen LogP contribution in [-0.2, 0) is 28.9 Å². The van der Waals surface area contributed by atoms with Gasteiger partial charge in [-0.2, -0.15) is 5.26 Å². The van der Waals surface area contributed by atoms with Crippen molar-refractivity contribution in [3.8, 4) is 29.9 Å². The second kappa shape index (κ2) is 17.5. The number of terminal acetylenes is 1. The van der Waals surface area contributed by atoms with Crippen LogP contribution in [0.15, 0.2) is 94.6 Å². The van der Waals surface area contributed by atoms with Gasteiger partial charge in [0.05, 0.1) is 46.5 Å². The maximum Gasteiger partial charge on any atom is 0.330 e. The van der Waals surface area contributed by atoms with Crippen LogP contribution < -0.4 is 20.7 Å². The highest BCUT2D eigenvalue weighted by Gasteiger charge is 2.65. The number of aromatic nitrogens is 2. The van der Waals surface area contributed by atoms with Crippen LogP contribution in [0.4, 0.5) is 0 Å². The molecule has 2 aliphatic heterocycles. The predicted molar refractivity (Wildman–Crippen MR) is 210 cm³/mol. The SMILES string of the molecule is C#Cc1cn([C@@H]2O[C@@]3(COC(c4ccccc4)(c4ccc(OC)cc4)c4ccc(OC)cc4)CO[C@@H]2[C@@H]3OP(OCCC#N)N(C(C)C)C(C)C)c(=O)[nH]c1=O. The van der Waals surface area contributed by atoms with E-state index in [4.69, 9.17) is 39.2 Å². The van der Waals surface area contributed by atoms with Crippen LogP contribution in [0.1, 0.15) is 62.6 Å². The van der Waals surface area contributed by atoms with Crippen LogP contribution in [0.5, 0.6) is 11.5 Å². The van der Waals surface area contributed by atoms with E-state index in [0.717, 1.165) is 16.7 Å². The zero-order valence-corrected chi connectivity index (χ0v) is 33.2. The molecule has 1 unspecified atom stereocenters. The van der Waals surface area contributed by atoms with E-state index in [1.54, 1.807) is 14.2 Å². The Morgan fingerprint density at radius 2 is 1.55 bits per heavy atom. The number of benzene rings is 3.